The zero-order valence-corrected chi connectivity index (χ0v) is 11.7. The van der Waals surface area contributed by atoms with E-state index >= 15 is 0 Å². The average molecular weight is 290 g/mol. The van der Waals surface area contributed by atoms with Crippen LogP contribution in [0.15, 0.2) is 72.3 Å². The first-order valence-corrected chi connectivity index (χ1v) is 6.63. The van der Waals surface area contributed by atoms with Crippen LogP contribution in [0.5, 0.6) is 5.75 Å². The lowest BCUT2D eigenvalue weighted by Crippen LogP contribution is -2.13. The van der Waals surface area contributed by atoms with E-state index in [1.807, 2.05) is 42.5 Å². The Morgan fingerprint density at radius 2 is 1.77 bits per heavy atom. The van der Waals surface area contributed by atoms with Crippen LogP contribution in [-0.4, -0.2) is 11.0 Å². The van der Waals surface area contributed by atoms with Gasteiger partial charge in [0.2, 0.25) is 0 Å². The number of hydrogen-bond acceptors (Lipinski definition) is 3. The number of rotatable bonds is 4. The van der Waals surface area contributed by atoms with Crippen molar-refractivity contribution in [3.05, 3.63) is 77.9 Å². The van der Waals surface area contributed by atoms with Crippen molar-refractivity contribution < 1.29 is 9.90 Å². The van der Waals surface area contributed by atoms with E-state index in [0.29, 0.717) is 5.69 Å². The largest absolute Gasteiger partial charge is 0.508 e. The van der Waals surface area contributed by atoms with E-state index in [2.05, 4.69) is 5.32 Å². The lowest BCUT2D eigenvalue weighted by Gasteiger charge is -2.03. The van der Waals surface area contributed by atoms with E-state index in [-0.39, 0.29) is 11.3 Å². The predicted molar refractivity (Wildman–Crippen MR) is 85.9 cm³/mol. The number of allylic oxidation sites excluding steroid dienone is 2. The second-order valence-corrected chi connectivity index (χ2v) is 4.46. The third kappa shape index (κ3) is 4.36. The van der Waals surface area contributed by atoms with Crippen LogP contribution in [0.25, 0.3) is 6.08 Å². The van der Waals surface area contributed by atoms with Gasteiger partial charge in [-0.15, -0.1) is 0 Å². The Morgan fingerprint density at radius 1 is 1.09 bits per heavy atom. The highest BCUT2D eigenvalue weighted by molar-refractivity contribution is 6.06. The second kappa shape index (κ2) is 7.46. The van der Waals surface area contributed by atoms with Gasteiger partial charge in [0.05, 0.1) is 0 Å². The molecule has 0 saturated heterocycles. The third-order valence-corrected chi connectivity index (χ3v) is 2.84. The number of phenols is 1. The molecule has 2 aromatic rings. The van der Waals surface area contributed by atoms with E-state index in [9.17, 15) is 9.90 Å². The standard InChI is InChI=1S/C18H14N2O2/c19-13-15(8-4-7-14-5-2-1-3-6-14)18(22)20-16-9-11-17(21)12-10-16/h1-12,21H,(H,20,22). The van der Waals surface area contributed by atoms with Gasteiger partial charge in [-0.25, -0.2) is 0 Å². The summed E-state index contributed by atoms with van der Waals surface area (Å²) in [5.41, 5.74) is 1.49. The first kappa shape index (κ1) is 15.1. The second-order valence-electron chi connectivity index (χ2n) is 4.46. The fourth-order valence-corrected chi connectivity index (χ4v) is 1.73. The molecular formula is C18H14N2O2. The van der Waals surface area contributed by atoms with Gasteiger partial charge in [-0.2, -0.15) is 5.26 Å². The molecule has 2 aromatic carbocycles. The van der Waals surface area contributed by atoms with Gasteiger partial charge in [-0.1, -0.05) is 42.5 Å². The molecule has 0 saturated carbocycles. The number of carbonyl (C=O) groups excluding carboxylic acids is 1. The minimum absolute atomic E-state index is 0.000237. The van der Waals surface area contributed by atoms with Crippen molar-refractivity contribution in [1.82, 2.24) is 0 Å². The zero-order valence-electron chi connectivity index (χ0n) is 11.7. The molecular weight excluding hydrogens is 276 g/mol. The SMILES string of the molecule is N#CC(=CC=Cc1ccccc1)C(=O)Nc1ccc(O)cc1. The Morgan fingerprint density at radius 3 is 2.41 bits per heavy atom. The number of amides is 1. The molecule has 0 aromatic heterocycles. The van der Waals surface area contributed by atoms with Crippen molar-refractivity contribution >= 4 is 17.7 Å². The number of nitrogens with zero attached hydrogens (tertiary/aromatic N) is 1. The molecule has 4 heteroatoms. The van der Waals surface area contributed by atoms with Gasteiger partial charge in [-0.05, 0) is 35.9 Å². The summed E-state index contributed by atoms with van der Waals surface area (Å²) in [6.07, 6.45) is 4.93. The lowest BCUT2D eigenvalue weighted by molar-refractivity contribution is -0.112. The van der Waals surface area contributed by atoms with E-state index < -0.39 is 5.91 Å². The summed E-state index contributed by atoms with van der Waals surface area (Å²) >= 11 is 0. The Kier molecular flexibility index (Phi) is 5.11. The molecule has 0 spiro atoms. The van der Waals surface area contributed by atoms with Crippen LogP contribution >= 0.6 is 0 Å². The van der Waals surface area contributed by atoms with Crippen LogP contribution in [0.4, 0.5) is 5.69 Å². The van der Waals surface area contributed by atoms with E-state index in [1.165, 1.54) is 18.2 Å². The van der Waals surface area contributed by atoms with Crippen molar-refractivity contribution in [3.63, 3.8) is 0 Å². The molecule has 0 atom stereocenters. The van der Waals surface area contributed by atoms with E-state index in [4.69, 9.17) is 5.26 Å². The van der Waals surface area contributed by atoms with E-state index in [0.717, 1.165) is 5.56 Å². The molecule has 2 rings (SSSR count). The Bertz CT molecular complexity index is 739. The number of nitrogens with one attached hydrogen (secondary N) is 1. The number of aromatic hydroxyl groups is 1. The number of nitriles is 1. The van der Waals surface area contributed by atoms with E-state index in [1.54, 1.807) is 18.2 Å². The first-order chi connectivity index (χ1) is 10.7. The van der Waals surface area contributed by atoms with Crippen LogP contribution in [-0.2, 0) is 4.79 Å². The zero-order chi connectivity index (χ0) is 15.8. The fraction of sp³-hybridized carbons (Fsp3) is 0. The van der Waals surface area contributed by atoms with Crippen molar-refractivity contribution in [1.29, 1.82) is 5.26 Å². The molecule has 2 N–H and O–H groups in total. The Labute approximate surface area is 128 Å². The normalized spacial score (nSPS) is 11.1. The van der Waals surface area contributed by atoms with Crippen molar-refractivity contribution in [2.24, 2.45) is 0 Å². The summed E-state index contributed by atoms with van der Waals surface area (Å²) < 4.78 is 0. The van der Waals surface area contributed by atoms with Crippen LogP contribution in [0.3, 0.4) is 0 Å². The number of carbonyl (C=O) groups is 1. The predicted octanol–water partition coefficient (Wildman–Crippen LogP) is 3.49. The minimum Gasteiger partial charge on any atom is -0.508 e. The highest BCUT2D eigenvalue weighted by atomic mass is 16.3. The summed E-state index contributed by atoms with van der Waals surface area (Å²) in [6, 6.07) is 17.5. The smallest absolute Gasteiger partial charge is 0.266 e. The number of hydrogen-bond donors (Lipinski definition) is 2. The Hall–Kier alpha value is -3.32. The van der Waals surface area contributed by atoms with Gasteiger partial charge >= 0.3 is 0 Å². The van der Waals surface area contributed by atoms with Crippen LogP contribution in [0.1, 0.15) is 5.56 Å². The van der Waals surface area contributed by atoms with Crippen molar-refractivity contribution in [3.8, 4) is 11.8 Å². The number of anilines is 1. The van der Waals surface area contributed by atoms with Gasteiger partial charge in [-0.3, -0.25) is 4.79 Å². The highest BCUT2D eigenvalue weighted by Crippen LogP contribution is 2.14. The molecule has 0 heterocycles. The molecule has 0 radical (unpaired) electrons. The average Bonchev–Trinajstić information content (AvgIpc) is 2.54. The van der Waals surface area contributed by atoms with Crippen molar-refractivity contribution in [2.45, 2.75) is 0 Å². The molecule has 22 heavy (non-hydrogen) atoms. The number of benzene rings is 2. The maximum absolute atomic E-state index is 12.0. The van der Waals surface area contributed by atoms with Gasteiger partial charge in [0.1, 0.15) is 17.4 Å². The summed E-state index contributed by atoms with van der Waals surface area (Å²) in [5.74, 6) is -0.384. The first-order valence-electron chi connectivity index (χ1n) is 6.63. The van der Waals surface area contributed by atoms with Gasteiger partial charge in [0.25, 0.3) is 5.91 Å². The molecule has 0 aliphatic rings. The maximum Gasteiger partial charge on any atom is 0.266 e. The van der Waals surface area contributed by atoms with Crippen molar-refractivity contribution in [2.75, 3.05) is 5.32 Å². The topological polar surface area (TPSA) is 73.1 Å². The molecule has 0 aliphatic carbocycles. The van der Waals surface area contributed by atoms with Gasteiger partial charge in [0.15, 0.2) is 0 Å². The maximum atomic E-state index is 12.0. The molecule has 1 amide bonds. The molecule has 0 bridgehead atoms. The van der Waals surface area contributed by atoms with Crippen LogP contribution < -0.4 is 5.32 Å². The minimum atomic E-state index is -0.495. The molecule has 4 nitrogen and oxygen atoms in total. The highest BCUT2D eigenvalue weighted by Gasteiger charge is 2.07. The summed E-state index contributed by atoms with van der Waals surface area (Å²) in [7, 11) is 0. The molecule has 108 valence electrons. The number of phenolic OH excluding ortho intramolecular Hbond substituents is 1. The molecule has 0 unspecified atom stereocenters. The monoisotopic (exact) mass is 290 g/mol. The summed E-state index contributed by atoms with van der Waals surface area (Å²) in [5, 5.41) is 20.8. The lowest BCUT2D eigenvalue weighted by atomic mass is 10.2. The van der Waals surface area contributed by atoms with Crippen LogP contribution in [0.2, 0.25) is 0 Å². The molecule has 0 fully saturated rings. The summed E-state index contributed by atoms with van der Waals surface area (Å²) in [4.78, 5) is 12.0. The third-order valence-electron chi connectivity index (χ3n) is 2.84. The fourth-order valence-electron chi connectivity index (χ4n) is 1.73. The molecule has 0 aliphatic heterocycles. The van der Waals surface area contributed by atoms with Gasteiger partial charge < -0.3 is 10.4 Å². The van der Waals surface area contributed by atoms with Crippen LogP contribution in [0, 0.1) is 11.3 Å². The van der Waals surface area contributed by atoms with Gasteiger partial charge in [0, 0.05) is 5.69 Å². The summed E-state index contributed by atoms with van der Waals surface area (Å²) in [6.45, 7) is 0. The quantitative estimate of drug-likeness (QED) is 0.392. The Balaban J connectivity index is 2.05.